The number of nitrogens with zero attached hydrogens (tertiary/aromatic N) is 1. The monoisotopic (exact) mass is 281 g/mol. The first-order valence-corrected chi connectivity index (χ1v) is 7.18. The Morgan fingerprint density at radius 2 is 1.76 bits per heavy atom. The standard InChI is InChI=1S/C18H19NO2/c1-13(20)21-18-12-19(2)11-14-7-3-4-8-15(14)16-9-5-6-10-17(16)18/h3-10,18H,11-12H2,1-2H3/t18-/m1/s1. The average Bonchev–Trinajstić information content (AvgIpc) is 2.45. The molecule has 0 bridgehead atoms. The molecule has 0 saturated heterocycles. The third-order valence-corrected chi connectivity index (χ3v) is 3.84. The summed E-state index contributed by atoms with van der Waals surface area (Å²) in [7, 11) is 2.06. The van der Waals surface area contributed by atoms with Gasteiger partial charge in [-0.05, 0) is 23.7 Å². The average molecular weight is 281 g/mol. The number of ether oxygens (including phenoxy) is 1. The molecule has 0 spiro atoms. The van der Waals surface area contributed by atoms with Crippen LogP contribution in [-0.2, 0) is 16.1 Å². The van der Waals surface area contributed by atoms with Crippen LogP contribution in [0.1, 0.15) is 24.2 Å². The maximum Gasteiger partial charge on any atom is 0.303 e. The van der Waals surface area contributed by atoms with E-state index in [4.69, 9.17) is 4.74 Å². The van der Waals surface area contributed by atoms with E-state index in [1.54, 1.807) is 0 Å². The van der Waals surface area contributed by atoms with Crippen molar-refractivity contribution >= 4 is 5.97 Å². The number of fused-ring (bicyclic) bond motifs is 3. The van der Waals surface area contributed by atoms with Crippen molar-refractivity contribution in [2.75, 3.05) is 13.6 Å². The number of rotatable bonds is 1. The molecule has 0 radical (unpaired) electrons. The van der Waals surface area contributed by atoms with Crippen molar-refractivity contribution in [2.45, 2.75) is 19.6 Å². The van der Waals surface area contributed by atoms with Crippen molar-refractivity contribution in [1.82, 2.24) is 4.90 Å². The van der Waals surface area contributed by atoms with Crippen molar-refractivity contribution in [2.24, 2.45) is 0 Å². The summed E-state index contributed by atoms with van der Waals surface area (Å²) in [4.78, 5) is 13.6. The molecule has 0 unspecified atom stereocenters. The highest BCUT2D eigenvalue weighted by Gasteiger charge is 2.24. The van der Waals surface area contributed by atoms with Crippen molar-refractivity contribution in [3.8, 4) is 11.1 Å². The predicted molar refractivity (Wildman–Crippen MR) is 82.7 cm³/mol. The van der Waals surface area contributed by atoms with Gasteiger partial charge in [-0.15, -0.1) is 0 Å². The second-order valence-corrected chi connectivity index (χ2v) is 5.54. The summed E-state index contributed by atoms with van der Waals surface area (Å²) in [6, 6.07) is 16.6. The van der Waals surface area contributed by atoms with E-state index in [-0.39, 0.29) is 12.1 Å². The fourth-order valence-electron chi connectivity index (χ4n) is 2.98. The minimum absolute atomic E-state index is 0.225. The molecule has 1 atom stereocenters. The smallest absolute Gasteiger partial charge is 0.303 e. The molecule has 3 rings (SSSR count). The van der Waals surface area contributed by atoms with Crippen molar-refractivity contribution in [3.05, 3.63) is 59.7 Å². The Kier molecular flexibility index (Phi) is 3.76. The molecule has 1 aliphatic rings. The third kappa shape index (κ3) is 2.83. The highest BCUT2D eigenvalue weighted by atomic mass is 16.5. The Labute approximate surface area is 125 Å². The fraction of sp³-hybridized carbons (Fsp3) is 0.278. The first kappa shape index (κ1) is 13.8. The van der Waals surface area contributed by atoms with Gasteiger partial charge in [-0.3, -0.25) is 9.69 Å². The summed E-state index contributed by atoms with van der Waals surface area (Å²) in [6.45, 7) is 3.02. The summed E-state index contributed by atoms with van der Waals surface area (Å²) in [6.07, 6.45) is -0.225. The molecule has 1 aliphatic heterocycles. The van der Waals surface area contributed by atoms with Crippen LogP contribution in [0.2, 0.25) is 0 Å². The fourth-order valence-corrected chi connectivity index (χ4v) is 2.98. The summed E-state index contributed by atoms with van der Waals surface area (Å²) in [5.74, 6) is -0.239. The Morgan fingerprint density at radius 1 is 1.10 bits per heavy atom. The number of hydrogen-bond acceptors (Lipinski definition) is 3. The summed E-state index contributed by atoms with van der Waals surface area (Å²) < 4.78 is 5.56. The van der Waals surface area contributed by atoms with Crippen LogP contribution in [0.3, 0.4) is 0 Å². The summed E-state index contributed by atoms with van der Waals surface area (Å²) in [5, 5.41) is 0. The van der Waals surface area contributed by atoms with E-state index in [2.05, 4.69) is 48.3 Å². The van der Waals surface area contributed by atoms with Crippen LogP contribution in [0.4, 0.5) is 0 Å². The van der Waals surface area contributed by atoms with Crippen molar-refractivity contribution in [3.63, 3.8) is 0 Å². The Bertz CT molecular complexity index is 666. The van der Waals surface area contributed by atoms with Gasteiger partial charge in [0.15, 0.2) is 0 Å². The molecule has 0 aliphatic carbocycles. The van der Waals surface area contributed by atoms with Gasteiger partial charge >= 0.3 is 5.97 Å². The lowest BCUT2D eigenvalue weighted by molar-refractivity contribution is -0.147. The van der Waals surface area contributed by atoms with E-state index in [0.29, 0.717) is 6.54 Å². The molecule has 0 N–H and O–H groups in total. The summed E-state index contributed by atoms with van der Waals surface area (Å²) >= 11 is 0. The van der Waals surface area contributed by atoms with Crippen molar-refractivity contribution in [1.29, 1.82) is 0 Å². The molecule has 21 heavy (non-hydrogen) atoms. The second-order valence-electron chi connectivity index (χ2n) is 5.54. The molecule has 0 aromatic heterocycles. The van der Waals surface area contributed by atoms with Crippen LogP contribution >= 0.6 is 0 Å². The van der Waals surface area contributed by atoms with E-state index in [1.165, 1.54) is 18.1 Å². The molecular weight excluding hydrogens is 262 g/mol. The molecule has 0 amide bonds. The zero-order valence-electron chi connectivity index (χ0n) is 12.4. The van der Waals surface area contributed by atoms with Gasteiger partial charge in [0.1, 0.15) is 6.10 Å². The second kappa shape index (κ2) is 5.70. The van der Waals surface area contributed by atoms with E-state index in [9.17, 15) is 4.79 Å². The minimum atomic E-state index is -0.239. The Morgan fingerprint density at radius 3 is 2.52 bits per heavy atom. The van der Waals surface area contributed by atoms with Gasteiger partial charge in [-0.25, -0.2) is 0 Å². The lowest BCUT2D eigenvalue weighted by Crippen LogP contribution is -2.28. The van der Waals surface area contributed by atoms with E-state index >= 15 is 0 Å². The third-order valence-electron chi connectivity index (χ3n) is 3.84. The number of esters is 1. The highest BCUT2D eigenvalue weighted by molar-refractivity contribution is 5.72. The first-order chi connectivity index (χ1) is 10.1. The van der Waals surface area contributed by atoms with Crippen LogP contribution in [0.5, 0.6) is 0 Å². The van der Waals surface area contributed by atoms with Crippen molar-refractivity contribution < 1.29 is 9.53 Å². The van der Waals surface area contributed by atoms with Gasteiger partial charge in [-0.2, -0.15) is 0 Å². The van der Waals surface area contributed by atoms with Gasteiger partial charge in [0.2, 0.25) is 0 Å². The first-order valence-electron chi connectivity index (χ1n) is 7.18. The molecule has 2 aromatic carbocycles. The molecule has 0 saturated carbocycles. The SMILES string of the molecule is CC(=O)O[C@@H]1CN(C)Cc2ccccc2-c2ccccc21. The Hall–Kier alpha value is -2.13. The van der Waals surface area contributed by atoms with E-state index in [0.717, 1.165) is 17.7 Å². The minimum Gasteiger partial charge on any atom is -0.456 e. The lowest BCUT2D eigenvalue weighted by atomic mass is 9.91. The van der Waals surface area contributed by atoms with Gasteiger partial charge in [0, 0.05) is 25.6 Å². The lowest BCUT2D eigenvalue weighted by Gasteiger charge is -2.29. The van der Waals surface area contributed by atoms with Crippen LogP contribution in [-0.4, -0.2) is 24.5 Å². The topological polar surface area (TPSA) is 29.5 Å². The van der Waals surface area contributed by atoms with E-state index in [1.807, 2.05) is 12.1 Å². The maximum absolute atomic E-state index is 11.4. The summed E-state index contributed by atoms with van der Waals surface area (Å²) in [5.41, 5.74) is 4.75. The highest BCUT2D eigenvalue weighted by Crippen LogP contribution is 2.35. The quantitative estimate of drug-likeness (QED) is 0.750. The molecule has 1 heterocycles. The van der Waals surface area contributed by atoms with E-state index < -0.39 is 0 Å². The zero-order chi connectivity index (χ0) is 14.8. The molecule has 0 fully saturated rings. The maximum atomic E-state index is 11.4. The van der Waals surface area contributed by atoms with Gasteiger partial charge < -0.3 is 4.74 Å². The number of hydrogen-bond donors (Lipinski definition) is 0. The normalized spacial score (nSPS) is 18.1. The molecule has 3 nitrogen and oxygen atoms in total. The van der Waals surface area contributed by atoms with Crippen LogP contribution in [0.15, 0.2) is 48.5 Å². The predicted octanol–water partition coefficient (Wildman–Crippen LogP) is 3.40. The number of carbonyl (C=O) groups is 1. The molecule has 108 valence electrons. The number of carbonyl (C=O) groups excluding carboxylic acids is 1. The zero-order valence-corrected chi connectivity index (χ0v) is 12.4. The molecule has 3 heteroatoms. The number of benzene rings is 2. The van der Waals surface area contributed by atoms with Gasteiger partial charge in [0.05, 0.1) is 0 Å². The molecular formula is C18H19NO2. The van der Waals surface area contributed by atoms with Crippen LogP contribution in [0.25, 0.3) is 11.1 Å². The van der Waals surface area contributed by atoms with Crippen LogP contribution < -0.4 is 0 Å². The van der Waals surface area contributed by atoms with Gasteiger partial charge in [-0.1, -0.05) is 48.5 Å². The van der Waals surface area contributed by atoms with Gasteiger partial charge in [0.25, 0.3) is 0 Å². The number of likely N-dealkylation sites (N-methyl/N-ethyl adjacent to an activating group) is 1. The molecule has 2 aromatic rings. The Balaban J connectivity index is 2.16. The largest absolute Gasteiger partial charge is 0.456 e. The van der Waals surface area contributed by atoms with Crippen LogP contribution in [0, 0.1) is 0 Å².